The van der Waals surface area contributed by atoms with Gasteiger partial charge < -0.3 is 19.1 Å². The lowest BCUT2D eigenvalue weighted by atomic mass is 10.2. The van der Waals surface area contributed by atoms with Crippen molar-refractivity contribution in [3.63, 3.8) is 0 Å². The van der Waals surface area contributed by atoms with E-state index in [-0.39, 0.29) is 11.3 Å². The molecule has 2 rings (SSSR count). The third-order valence-corrected chi connectivity index (χ3v) is 3.05. The number of nitrogens with zero attached hydrogens (tertiary/aromatic N) is 1. The molecule has 0 saturated heterocycles. The summed E-state index contributed by atoms with van der Waals surface area (Å²) < 4.78 is 11.8. The van der Waals surface area contributed by atoms with Gasteiger partial charge in [-0.15, -0.1) is 0 Å². The predicted octanol–water partition coefficient (Wildman–Crippen LogP) is 2.68. The minimum Gasteiger partial charge on any atom is -0.505 e. The molecule has 1 heterocycles. The van der Waals surface area contributed by atoms with Crippen LogP contribution in [0.2, 0.25) is 0 Å². The molecule has 5 heteroatoms. The number of carbonyl (C=O) groups is 1. The lowest BCUT2D eigenvalue weighted by Gasteiger charge is -2.08. The van der Waals surface area contributed by atoms with Crippen LogP contribution in [-0.4, -0.2) is 29.4 Å². The zero-order valence-corrected chi connectivity index (χ0v) is 11.7. The van der Waals surface area contributed by atoms with Gasteiger partial charge in [-0.05, 0) is 38.1 Å². The number of rotatable bonds is 4. The van der Waals surface area contributed by atoms with Crippen molar-refractivity contribution in [3.05, 3.63) is 41.7 Å². The Hall–Kier alpha value is -2.43. The van der Waals surface area contributed by atoms with Crippen LogP contribution in [0.3, 0.4) is 0 Å². The number of ether oxygens (including phenoxy) is 2. The summed E-state index contributed by atoms with van der Waals surface area (Å²) in [5, 5.41) is 9.87. The summed E-state index contributed by atoms with van der Waals surface area (Å²) >= 11 is 0. The Bertz CT molecular complexity index is 614. The Labute approximate surface area is 117 Å². The van der Waals surface area contributed by atoms with Crippen molar-refractivity contribution in [2.24, 2.45) is 0 Å². The maximum Gasteiger partial charge on any atom is 0.343 e. The third kappa shape index (κ3) is 2.47. The summed E-state index contributed by atoms with van der Waals surface area (Å²) in [5.41, 5.74) is 1.64. The summed E-state index contributed by atoms with van der Waals surface area (Å²) in [6.07, 6.45) is 1.50. The number of methoxy groups -OCH3 is 1. The molecule has 0 aliphatic carbocycles. The molecule has 0 spiro atoms. The standard InChI is InChI=1S/C15H17NO4/c1-4-20-12-7-5-11(6-8-12)16-9-13(17)14(10(16)2)15(18)19-3/h5-9,17H,4H2,1-3H3. The van der Waals surface area contributed by atoms with Gasteiger partial charge in [-0.2, -0.15) is 0 Å². The normalized spacial score (nSPS) is 10.3. The van der Waals surface area contributed by atoms with E-state index in [0.29, 0.717) is 12.3 Å². The van der Waals surface area contributed by atoms with Gasteiger partial charge in [0, 0.05) is 11.4 Å². The Morgan fingerprint density at radius 1 is 1.30 bits per heavy atom. The van der Waals surface area contributed by atoms with E-state index in [4.69, 9.17) is 4.74 Å². The quantitative estimate of drug-likeness (QED) is 0.871. The smallest absolute Gasteiger partial charge is 0.343 e. The summed E-state index contributed by atoms with van der Waals surface area (Å²) in [5.74, 6) is 0.131. The van der Waals surface area contributed by atoms with E-state index in [1.54, 1.807) is 11.5 Å². The molecule has 0 bridgehead atoms. The molecular formula is C15H17NO4. The molecule has 0 aliphatic heterocycles. The number of aromatic hydroxyl groups is 1. The van der Waals surface area contributed by atoms with Crippen molar-refractivity contribution in [3.8, 4) is 17.2 Å². The summed E-state index contributed by atoms with van der Waals surface area (Å²) in [7, 11) is 1.29. The summed E-state index contributed by atoms with van der Waals surface area (Å²) in [4.78, 5) is 11.6. The van der Waals surface area contributed by atoms with Crippen LogP contribution >= 0.6 is 0 Å². The molecule has 0 atom stereocenters. The number of esters is 1. The largest absolute Gasteiger partial charge is 0.505 e. The van der Waals surface area contributed by atoms with Gasteiger partial charge in [0.1, 0.15) is 17.1 Å². The number of hydrogen-bond acceptors (Lipinski definition) is 4. The molecule has 0 fully saturated rings. The van der Waals surface area contributed by atoms with Crippen LogP contribution in [0, 0.1) is 6.92 Å². The fourth-order valence-electron chi connectivity index (χ4n) is 2.08. The molecule has 1 aromatic carbocycles. The minimum absolute atomic E-state index is 0.0942. The molecule has 0 aliphatic rings. The molecule has 0 saturated carbocycles. The van der Waals surface area contributed by atoms with Crippen molar-refractivity contribution >= 4 is 5.97 Å². The Kier molecular flexibility index (Phi) is 3.98. The summed E-state index contributed by atoms with van der Waals surface area (Å²) in [6.45, 7) is 4.28. The fraction of sp³-hybridized carbons (Fsp3) is 0.267. The van der Waals surface area contributed by atoms with Crippen LogP contribution in [-0.2, 0) is 4.74 Å². The number of aromatic nitrogens is 1. The third-order valence-electron chi connectivity index (χ3n) is 3.05. The van der Waals surface area contributed by atoms with E-state index >= 15 is 0 Å². The van der Waals surface area contributed by atoms with E-state index in [1.807, 2.05) is 31.2 Å². The van der Waals surface area contributed by atoms with Gasteiger partial charge in [0.2, 0.25) is 0 Å². The zero-order chi connectivity index (χ0) is 14.7. The number of carbonyl (C=O) groups excluding carboxylic acids is 1. The molecule has 106 valence electrons. The van der Waals surface area contributed by atoms with Gasteiger partial charge in [0.05, 0.1) is 19.9 Å². The van der Waals surface area contributed by atoms with Gasteiger partial charge in [-0.1, -0.05) is 0 Å². The molecule has 5 nitrogen and oxygen atoms in total. The molecule has 1 N–H and O–H groups in total. The number of hydrogen-bond donors (Lipinski definition) is 1. The molecule has 0 unspecified atom stereocenters. The fourth-order valence-corrected chi connectivity index (χ4v) is 2.08. The summed E-state index contributed by atoms with van der Waals surface area (Å²) in [6, 6.07) is 7.40. The monoisotopic (exact) mass is 275 g/mol. The SMILES string of the molecule is CCOc1ccc(-n2cc(O)c(C(=O)OC)c2C)cc1. The topological polar surface area (TPSA) is 60.7 Å². The zero-order valence-electron chi connectivity index (χ0n) is 11.7. The second-order valence-electron chi connectivity index (χ2n) is 4.26. The Balaban J connectivity index is 2.40. The van der Waals surface area contributed by atoms with Gasteiger partial charge >= 0.3 is 5.97 Å². The Morgan fingerprint density at radius 2 is 1.95 bits per heavy atom. The Morgan fingerprint density at radius 3 is 2.50 bits per heavy atom. The first kappa shape index (κ1) is 14.0. The van der Waals surface area contributed by atoms with Gasteiger partial charge in [-0.25, -0.2) is 4.79 Å². The van der Waals surface area contributed by atoms with Crippen LogP contribution in [0.1, 0.15) is 23.0 Å². The van der Waals surface area contributed by atoms with E-state index in [2.05, 4.69) is 4.74 Å². The second kappa shape index (κ2) is 5.69. The first-order chi connectivity index (χ1) is 9.58. The highest BCUT2D eigenvalue weighted by atomic mass is 16.5. The number of benzene rings is 1. The molecule has 0 amide bonds. The van der Waals surface area contributed by atoms with Crippen molar-refractivity contribution in [1.82, 2.24) is 4.57 Å². The van der Waals surface area contributed by atoms with E-state index in [1.165, 1.54) is 13.3 Å². The van der Waals surface area contributed by atoms with Crippen LogP contribution in [0.25, 0.3) is 5.69 Å². The average molecular weight is 275 g/mol. The van der Waals surface area contributed by atoms with Crippen molar-refractivity contribution in [1.29, 1.82) is 0 Å². The second-order valence-corrected chi connectivity index (χ2v) is 4.26. The lowest BCUT2D eigenvalue weighted by Crippen LogP contribution is -2.04. The molecule has 20 heavy (non-hydrogen) atoms. The first-order valence-corrected chi connectivity index (χ1v) is 6.31. The lowest BCUT2D eigenvalue weighted by molar-refractivity contribution is 0.0597. The van der Waals surface area contributed by atoms with E-state index in [0.717, 1.165) is 11.4 Å². The molecule has 1 aromatic heterocycles. The minimum atomic E-state index is -0.551. The van der Waals surface area contributed by atoms with E-state index < -0.39 is 5.97 Å². The van der Waals surface area contributed by atoms with Gasteiger partial charge in [0.25, 0.3) is 0 Å². The van der Waals surface area contributed by atoms with Crippen LogP contribution in [0.15, 0.2) is 30.5 Å². The highest BCUT2D eigenvalue weighted by molar-refractivity contribution is 5.94. The molecule has 0 radical (unpaired) electrons. The molecular weight excluding hydrogens is 258 g/mol. The van der Waals surface area contributed by atoms with Gasteiger partial charge in [0.15, 0.2) is 0 Å². The van der Waals surface area contributed by atoms with Crippen LogP contribution in [0.4, 0.5) is 0 Å². The van der Waals surface area contributed by atoms with Gasteiger partial charge in [-0.3, -0.25) is 0 Å². The highest BCUT2D eigenvalue weighted by Gasteiger charge is 2.20. The predicted molar refractivity (Wildman–Crippen MR) is 74.7 cm³/mol. The first-order valence-electron chi connectivity index (χ1n) is 6.31. The van der Waals surface area contributed by atoms with Crippen molar-refractivity contribution in [2.45, 2.75) is 13.8 Å². The van der Waals surface area contributed by atoms with Crippen molar-refractivity contribution in [2.75, 3.05) is 13.7 Å². The van der Waals surface area contributed by atoms with Crippen molar-refractivity contribution < 1.29 is 19.4 Å². The maximum absolute atomic E-state index is 11.6. The van der Waals surface area contributed by atoms with Crippen LogP contribution < -0.4 is 4.74 Å². The maximum atomic E-state index is 11.6. The molecule has 2 aromatic rings. The average Bonchev–Trinajstić information content (AvgIpc) is 2.74. The van der Waals surface area contributed by atoms with Crippen LogP contribution in [0.5, 0.6) is 11.5 Å². The van der Waals surface area contributed by atoms with E-state index in [9.17, 15) is 9.90 Å². The highest BCUT2D eigenvalue weighted by Crippen LogP contribution is 2.27.